The summed E-state index contributed by atoms with van der Waals surface area (Å²) in [4.78, 5) is 11.2. The number of aliphatic hydroxyl groups excluding tert-OH is 1. The molecule has 1 rings (SSSR count). The van der Waals surface area contributed by atoms with Crippen molar-refractivity contribution >= 4 is 6.09 Å². The molecule has 0 radical (unpaired) electrons. The van der Waals surface area contributed by atoms with E-state index in [0.717, 1.165) is 25.7 Å². The van der Waals surface area contributed by atoms with Gasteiger partial charge in [0.2, 0.25) is 0 Å². The normalized spacial score (nSPS) is 19.6. The number of halogens is 1. The molecule has 0 bridgehead atoms. The van der Waals surface area contributed by atoms with Gasteiger partial charge in [-0.1, -0.05) is 6.42 Å². The van der Waals surface area contributed by atoms with Gasteiger partial charge in [0.25, 0.3) is 0 Å². The van der Waals surface area contributed by atoms with E-state index < -0.39 is 18.9 Å². The van der Waals surface area contributed by atoms with Crippen molar-refractivity contribution in [1.82, 2.24) is 5.32 Å². The highest BCUT2D eigenvalue weighted by molar-refractivity contribution is 5.67. The van der Waals surface area contributed by atoms with Crippen molar-refractivity contribution in [3.8, 4) is 0 Å². The van der Waals surface area contributed by atoms with E-state index in [4.69, 9.17) is 9.84 Å². The van der Waals surface area contributed by atoms with Gasteiger partial charge < -0.3 is 15.2 Å². The molecule has 0 unspecified atom stereocenters. The largest absolute Gasteiger partial charge is 0.446 e. The highest BCUT2D eigenvalue weighted by Crippen LogP contribution is 2.20. The number of hydrogen-bond acceptors (Lipinski definition) is 3. The zero-order valence-electron chi connectivity index (χ0n) is 8.75. The highest BCUT2D eigenvalue weighted by Gasteiger charge is 2.17. The third kappa shape index (κ3) is 4.97. The topological polar surface area (TPSA) is 58.6 Å². The quantitative estimate of drug-likeness (QED) is 0.751. The number of hydrogen-bond donors (Lipinski definition) is 2. The fourth-order valence-electron chi connectivity index (χ4n) is 1.63. The van der Waals surface area contributed by atoms with Crippen LogP contribution in [0.25, 0.3) is 0 Å². The number of aliphatic hydroxyl groups is 1. The summed E-state index contributed by atoms with van der Waals surface area (Å²) in [7, 11) is 0. The van der Waals surface area contributed by atoms with Crippen LogP contribution < -0.4 is 5.32 Å². The molecule has 1 saturated carbocycles. The van der Waals surface area contributed by atoms with Gasteiger partial charge in [0, 0.05) is 0 Å². The zero-order chi connectivity index (χ0) is 11.1. The van der Waals surface area contributed by atoms with E-state index in [2.05, 4.69) is 5.32 Å². The average molecular weight is 219 g/mol. The maximum atomic E-state index is 12.6. The Morgan fingerprint density at radius 3 is 2.73 bits per heavy atom. The lowest BCUT2D eigenvalue weighted by Crippen LogP contribution is -2.35. The van der Waals surface area contributed by atoms with Crippen molar-refractivity contribution in [2.45, 2.75) is 44.4 Å². The Balaban J connectivity index is 2.11. The molecule has 4 nitrogen and oxygen atoms in total. The molecule has 0 heterocycles. The number of alkyl carbamates (subject to hydrolysis) is 1. The molecule has 88 valence electrons. The first-order chi connectivity index (χ1) is 7.22. The first kappa shape index (κ1) is 12.2. The third-order valence-corrected chi connectivity index (χ3v) is 2.49. The molecule has 0 aromatic carbocycles. The summed E-state index contributed by atoms with van der Waals surface area (Å²) in [5, 5.41) is 10.7. The van der Waals surface area contributed by atoms with E-state index in [-0.39, 0.29) is 12.6 Å². The van der Waals surface area contributed by atoms with Crippen molar-refractivity contribution in [2.75, 3.05) is 13.2 Å². The Labute approximate surface area is 88.8 Å². The van der Waals surface area contributed by atoms with E-state index in [1.54, 1.807) is 0 Å². The number of ether oxygens (including phenoxy) is 1. The van der Waals surface area contributed by atoms with E-state index in [1.807, 2.05) is 0 Å². The van der Waals surface area contributed by atoms with Crippen LogP contribution in [0.3, 0.4) is 0 Å². The number of rotatable bonds is 4. The van der Waals surface area contributed by atoms with Gasteiger partial charge in [0.05, 0.1) is 13.2 Å². The minimum Gasteiger partial charge on any atom is -0.446 e. The Morgan fingerprint density at radius 1 is 1.47 bits per heavy atom. The van der Waals surface area contributed by atoms with Gasteiger partial charge in [-0.15, -0.1) is 0 Å². The number of carbonyl (C=O) groups is 1. The number of nitrogens with one attached hydrogen (secondary N) is 1. The minimum atomic E-state index is -1.41. The predicted molar refractivity (Wildman–Crippen MR) is 53.3 cm³/mol. The lowest BCUT2D eigenvalue weighted by atomic mass is 9.98. The van der Waals surface area contributed by atoms with Gasteiger partial charge >= 0.3 is 6.09 Å². The molecule has 0 aliphatic heterocycles. The maximum Gasteiger partial charge on any atom is 0.407 e. The van der Waals surface area contributed by atoms with Gasteiger partial charge in [-0.25, -0.2) is 9.18 Å². The van der Waals surface area contributed by atoms with E-state index in [0.29, 0.717) is 0 Å². The van der Waals surface area contributed by atoms with Crippen LogP contribution in [0.4, 0.5) is 9.18 Å². The Hall–Kier alpha value is -0.840. The van der Waals surface area contributed by atoms with Crippen LogP contribution >= 0.6 is 0 Å². The second kappa shape index (κ2) is 6.61. The SMILES string of the molecule is O=C(NC[C@H](F)CO)OC1CCCCC1. The van der Waals surface area contributed by atoms with E-state index in [1.165, 1.54) is 6.42 Å². The fraction of sp³-hybridized carbons (Fsp3) is 0.900. The smallest absolute Gasteiger partial charge is 0.407 e. The van der Waals surface area contributed by atoms with Crippen molar-refractivity contribution in [3.63, 3.8) is 0 Å². The molecule has 2 N–H and O–H groups in total. The number of amides is 1. The molecule has 0 aromatic rings. The molecule has 1 aliphatic rings. The summed E-state index contributed by atoms with van der Waals surface area (Å²) < 4.78 is 17.6. The summed E-state index contributed by atoms with van der Waals surface area (Å²) in [5.41, 5.74) is 0. The summed E-state index contributed by atoms with van der Waals surface area (Å²) in [5.74, 6) is 0. The predicted octanol–water partition coefficient (Wildman–Crippen LogP) is 1.38. The van der Waals surface area contributed by atoms with Crippen LogP contribution in [0.15, 0.2) is 0 Å². The van der Waals surface area contributed by atoms with Crippen LogP contribution in [0, 0.1) is 0 Å². The summed E-state index contributed by atoms with van der Waals surface area (Å²) in [6.45, 7) is -0.772. The highest BCUT2D eigenvalue weighted by atomic mass is 19.1. The first-order valence-electron chi connectivity index (χ1n) is 5.41. The Kier molecular flexibility index (Phi) is 5.39. The molecule has 1 fully saturated rings. The van der Waals surface area contributed by atoms with Gasteiger partial charge in [-0.05, 0) is 25.7 Å². The molecule has 0 aromatic heterocycles. The molecule has 0 spiro atoms. The van der Waals surface area contributed by atoms with Crippen LogP contribution in [0.5, 0.6) is 0 Å². The minimum absolute atomic E-state index is 0.0223. The third-order valence-electron chi connectivity index (χ3n) is 2.49. The monoisotopic (exact) mass is 219 g/mol. The second-order valence-electron chi connectivity index (χ2n) is 3.83. The molecule has 1 amide bonds. The van der Waals surface area contributed by atoms with Gasteiger partial charge in [0.1, 0.15) is 12.3 Å². The molecular weight excluding hydrogens is 201 g/mol. The average Bonchev–Trinajstić information content (AvgIpc) is 2.27. The summed E-state index contributed by atoms with van der Waals surface area (Å²) in [6.07, 6.45) is 3.13. The molecular formula is C10H18FNO3. The molecule has 1 atom stereocenters. The molecule has 15 heavy (non-hydrogen) atoms. The van der Waals surface area contributed by atoms with E-state index in [9.17, 15) is 9.18 Å². The van der Waals surface area contributed by atoms with Crippen LogP contribution in [0.1, 0.15) is 32.1 Å². The Bertz CT molecular complexity index is 195. The lowest BCUT2D eigenvalue weighted by molar-refractivity contribution is 0.0722. The van der Waals surface area contributed by atoms with Gasteiger partial charge in [0.15, 0.2) is 0 Å². The Morgan fingerprint density at radius 2 is 2.13 bits per heavy atom. The van der Waals surface area contributed by atoms with Crippen molar-refractivity contribution in [1.29, 1.82) is 0 Å². The zero-order valence-corrected chi connectivity index (χ0v) is 8.75. The van der Waals surface area contributed by atoms with Gasteiger partial charge in [-0.2, -0.15) is 0 Å². The van der Waals surface area contributed by atoms with Crippen LogP contribution in [-0.2, 0) is 4.74 Å². The molecule has 0 saturated heterocycles. The van der Waals surface area contributed by atoms with Gasteiger partial charge in [-0.3, -0.25) is 0 Å². The number of carbonyl (C=O) groups excluding carboxylic acids is 1. The molecule has 5 heteroatoms. The van der Waals surface area contributed by atoms with Crippen LogP contribution in [0.2, 0.25) is 0 Å². The van der Waals surface area contributed by atoms with Crippen LogP contribution in [-0.4, -0.2) is 36.6 Å². The van der Waals surface area contributed by atoms with E-state index >= 15 is 0 Å². The standard InChI is InChI=1S/C10H18FNO3/c11-8(7-13)6-12-10(14)15-9-4-2-1-3-5-9/h8-9,13H,1-7H2,(H,12,14)/t8-/m0/s1. The summed E-state index contributed by atoms with van der Waals surface area (Å²) >= 11 is 0. The summed E-state index contributed by atoms with van der Waals surface area (Å²) in [6, 6.07) is 0. The first-order valence-corrected chi connectivity index (χ1v) is 5.41. The fourth-order valence-corrected chi connectivity index (χ4v) is 1.63. The lowest BCUT2D eigenvalue weighted by Gasteiger charge is -2.22. The number of alkyl halides is 1. The van der Waals surface area contributed by atoms with Crippen molar-refractivity contribution < 1.29 is 19.0 Å². The second-order valence-corrected chi connectivity index (χ2v) is 3.83. The molecule has 1 aliphatic carbocycles. The van der Waals surface area contributed by atoms with Crippen molar-refractivity contribution in [3.05, 3.63) is 0 Å². The maximum absolute atomic E-state index is 12.6. The van der Waals surface area contributed by atoms with Crippen molar-refractivity contribution in [2.24, 2.45) is 0 Å².